The molecule has 0 saturated carbocycles. The zero-order chi connectivity index (χ0) is 14.1. The Morgan fingerprint density at radius 1 is 1.30 bits per heavy atom. The van der Waals surface area contributed by atoms with Gasteiger partial charge < -0.3 is 9.30 Å². The molecule has 1 unspecified atom stereocenters. The van der Waals surface area contributed by atoms with E-state index in [1.54, 1.807) is 6.20 Å². The number of carbonyl (C=O) groups excluding carboxylic acids is 1. The molecule has 1 amide bonds. The number of pyridine rings is 1. The van der Waals surface area contributed by atoms with Crippen molar-refractivity contribution in [3.05, 3.63) is 54.1 Å². The normalized spacial score (nSPS) is 17.8. The van der Waals surface area contributed by atoms with Crippen molar-refractivity contribution in [2.45, 2.75) is 13.2 Å². The van der Waals surface area contributed by atoms with Crippen LogP contribution in [-0.2, 0) is 16.6 Å². The summed E-state index contributed by atoms with van der Waals surface area (Å²) in [6.45, 7) is 1.46. The van der Waals surface area contributed by atoms with Crippen LogP contribution in [0, 0.1) is 0 Å². The van der Waals surface area contributed by atoms with Gasteiger partial charge in [-0.2, -0.15) is 5.01 Å². The highest BCUT2D eigenvalue weighted by Gasteiger charge is 2.34. The summed E-state index contributed by atoms with van der Waals surface area (Å²) in [5.41, 5.74) is 1.46. The topological polar surface area (TPSA) is 59.7 Å². The molecule has 6 heteroatoms. The monoisotopic (exact) mass is 270 g/mol. The van der Waals surface area contributed by atoms with Gasteiger partial charge in [-0.05, 0) is 24.3 Å². The van der Waals surface area contributed by atoms with Crippen LogP contribution < -0.4 is 0 Å². The number of aromatic nitrogens is 2. The number of hydrogen-bond acceptors (Lipinski definition) is 4. The van der Waals surface area contributed by atoms with Gasteiger partial charge in [0.2, 0.25) is 12.1 Å². The highest BCUT2D eigenvalue weighted by atomic mass is 16.5. The first-order valence-electron chi connectivity index (χ1n) is 6.24. The number of aryl methyl sites for hydroxylation is 1. The third-order valence-corrected chi connectivity index (χ3v) is 3.07. The largest absolute Gasteiger partial charge is 0.443 e. The van der Waals surface area contributed by atoms with Gasteiger partial charge in [0.1, 0.15) is 11.4 Å². The van der Waals surface area contributed by atoms with Crippen LogP contribution in [0.1, 0.15) is 24.5 Å². The molecule has 3 heterocycles. The van der Waals surface area contributed by atoms with Crippen LogP contribution in [0.2, 0.25) is 0 Å². The van der Waals surface area contributed by atoms with Crippen LogP contribution >= 0.6 is 0 Å². The number of hydrazone groups is 1. The summed E-state index contributed by atoms with van der Waals surface area (Å²) in [5.74, 6) is 0.230. The lowest BCUT2D eigenvalue weighted by Crippen LogP contribution is -2.25. The Labute approximate surface area is 116 Å². The maximum absolute atomic E-state index is 11.7. The van der Waals surface area contributed by atoms with Crippen LogP contribution in [0.4, 0.5) is 0 Å². The van der Waals surface area contributed by atoms with E-state index >= 15 is 0 Å². The van der Waals surface area contributed by atoms with E-state index in [-0.39, 0.29) is 5.91 Å². The van der Waals surface area contributed by atoms with Crippen molar-refractivity contribution in [3.63, 3.8) is 0 Å². The smallest absolute Gasteiger partial charge is 0.258 e. The zero-order valence-electron chi connectivity index (χ0n) is 11.2. The molecule has 0 saturated heterocycles. The first kappa shape index (κ1) is 12.4. The summed E-state index contributed by atoms with van der Waals surface area (Å²) in [6.07, 6.45) is 2.95. The minimum absolute atomic E-state index is 0.190. The molecule has 102 valence electrons. The molecular weight excluding hydrogens is 256 g/mol. The SMILES string of the molecule is CC(=O)N1N=C(c2cccn2C)OC1c1ccccn1. The van der Waals surface area contributed by atoms with E-state index in [4.69, 9.17) is 4.74 Å². The van der Waals surface area contributed by atoms with E-state index in [0.717, 1.165) is 5.69 Å². The summed E-state index contributed by atoms with van der Waals surface area (Å²) in [4.78, 5) is 16.0. The molecule has 0 aromatic carbocycles. The van der Waals surface area contributed by atoms with Crippen molar-refractivity contribution < 1.29 is 9.53 Å². The zero-order valence-corrected chi connectivity index (χ0v) is 11.2. The van der Waals surface area contributed by atoms with Gasteiger partial charge in [0.05, 0.1) is 0 Å². The molecule has 6 nitrogen and oxygen atoms in total. The Bertz CT molecular complexity index is 663. The van der Waals surface area contributed by atoms with Crippen molar-refractivity contribution in [2.24, 2.45) is 12.1 Å². The molecule has 0 spiro atoms. The van der Waals surface area contributed by atoms with Crippen molar-refractivity contribution in [1.82, 2.24) is 14.6 Å². The molecule has 2 aromatic heterocycles. The van der Waals surface area contributed by atoms with E-state index in [1.807, 2.05) is 48.1 Å². The standard InChI is InChI=1S/C14H14N4O2/c1-10(19)18-14(11-6-3-4-8-15-11)20-13(16-18)12-7-5-9-17(12)2/h3-9,14H,1-2H3. The Morgan fingerprint density at radius 3 is 2.75 bits per heavy atom. The van der Waals surface area contributed by atoms with E-state index in [2.05, 4.69) is 10.1 Å². The van der Waals surface area contributed by atoms with Gasteiger partial charge in [-0.3, -0.25) is 9.78 Å². The lowest BCUT2D eigenvalue weighted by atomic mass is 10.3. The fourth-order valence-corrected chi connectivity index (χ4v) is 2.07. The van der Waals surface area contributed by atoms with Crippen LogP contribution in [0.3, 0.4) is 0 Å². The first-order valence-corrected chi connectivity index (χ1v) is 6.24. The summed E-state index contributed by atoms with van der Waals surface area (Å²) in [5, 5.41) is 5.58. The van der Waals surface area contributed by atoms with Crippen LogP contribution in [-0.4, -0.2) is 26.4 Å². The molecule has 1 atom stereocenters. The number of rotatable bonds is 2. The van der Waals surface area contributed by atoms with Gasteiger partial charge in [-0.1, -0.05) is 6.07 Å². The molecule has 0 N–H and O–H groups in total. The average molecular weight is 270 g/mol. The third-order valence-electron chi connectivity index (χ3n) is 3.07. The summed E-state index contributed by atoms with van der Waals surface area (Å²) in [7, 11) is 1.90. The first-order chi connectivity index (χ1) is 9.66. The minimum Gasteiger partial charge on any atom is -0.443 e. The van der Waals surface area contributed by atoms with Crippen molar-refractivity contribution >= 4 is 11.8 Å². The number of amides is 1. The molecule has 1 aliphatic heterocycles. The lowest BCUT2D eigenvalue weighted by molar-refractivity contribution is -0.135. The highest BCUT2D eigenvalue weighted by molar-refractivity contribution is 5.95. The highest BCUT2D eigenvalue weighted by Crippen LogP contribution is 2.28. The van der Waals surface area contributed by atoms with Crippen LogP contribution in [0.5, 0.6) is 0 Å². The second-order valence-corrected chi connectivity index (χ2v) is 4.50. The van der Waals surface area contributed by atoms with Gasteiger partial charge in [0, 0.05) is 26.4 Å². The second-order valence-electron chi connectivity index (χ2n) is 4.50. The quantitative estimate of drug-likeness (QED) is 0.833. The Kier molecular flexibility index (Phi) is 2.98. The summed E-state index contributed by atoms with van der Waals surface area (Å²) < 4.78 is 7.71. The maximum Gasteiger partial charge on any atom is 0.258 e. The molecule has 0 radical (unpaired) electrons. The maximum atomic E-state index is 11.7. The molecule has 0 bridgehead atoms. The molecule has 2 aromatic rings. The Hall–Kier alpha value is -2.63. The summed E-state index contributed by atoms with van der Waals surface area (Å²) >= 11 is 0. The lowest BCUT2D eigenvalue weighted by Gasteiger charge is -2.18. The third kappa shape index (κ3) is 2.05. The Balaban J connectivity index is 1.96. The van der Waals surface area contributed by atoms with Crippen LogP contribution in [0.15, 0.2) is 47.8 Å². The van der Waals surface area contributed by atoms with Gasteiger partial charge >= 0.3 is 0 Å². The van der Waals surface area contributed by atoms with Gasteiger partial charge in [0.25, 0.3) is 5.90 Å². The van der Waals surface area contributed by atoms with Crippen molar-refractivity contribution in [1.29, 1.82) is 0 Å². The molecule has 0 fully saturated rings. The van der Waals surface area contributed by atoms with Crippen LogP contribution in [0.25, 0.3) is 0 Å². The van der Waals surface area contributed by atoms with E-state index < -0.39 is 6.23 Å². The second kappa shape index (κ2) is 4.80. The molecule has 0 aliphatic carbocycles. The average Bonchev–Trinajstić information content (AvgIpc) is 3.05. The van der Waals surface area contributed by atoms with Crippen molar-refractivity contribution in [3.8, 4) is 0 Å². The minimum atomic E-state index is -0.612. The van der Waals surface area contributed by atoms with Crippen molar-refractivity contribution in [2.75, 3.05) is 0 Å². The number of carbonyl (C=O) groups is 1. The fraction of sp³-hybridized carbons (Fsp3) is 0.214. The Morgan fingerprint density at radius 2 is 2.15 bits per heavy atom. The molecule has 1 aliphatic rings. The molecule has 20 heavy (non-hydrogen) atoms. The number of ether oxygens (including phenoxy) is 1. The van der Waals surface area contributed by atoms with E-state index in [0.29, 0.717) is 11.6 Å². The molecule has 3 rings (SSSR count). The number of nitrogens with zero attached hydrogens (tertiary/aromatic N) is 4. The van der Waals surface area contributed by atoms with Gasteiger partial charge in [-0.25, -0.2) is 0 Å². The van der Waals surface area contributed by atoms with E-state index in [9.17, 15) is 4.79 Å². The summed E-state index contributed by atoms with van der Waals surface area (Å²) in [6, 6.07) is 9.26. The van der Waals surface area contributed by atoms with Gasteiger partial charge in [0.15, 0.2) is 0 Å². The predicted molar refractivity (Wildman–Crippen MR) is 72.5 cm³/mol. The number of hydrogen-bond donors (Lipinski definition) is 0. The van der Waals surface area contributed by atoms with E-state index in [1.165, 1.54) is 11.9 Å². The molecular formula is C14H14N4O2. The van der Waals surface area contributed by atoms with Gasteiger partial charge in [-0.15, -0.1) is 5.10 Å². The predicted octanol–water partition coefficient (Wildman–Crippen LogP) is 1.66. The fourth-order valence-electron chi connectivity index (χ4n) is 2.07.